The average Bonchev–Trinajstić information content (AvgIpc) is 3.74. The van der Waals surface area contributed by atoms with Gasteiger partial charge in [0.05, 0.1) is 26.1 Å². The van der Waals surface area contributed by atoms with Crippen LogP contribution in [-0.2, 0) is 28.5 Å². The van der Waals surface area contributed by atoms with Crippen LogP contribution < -0.4 is 11.5 Å². The van der Waals surface area contributed by atoms with Gasteiger partial charge in [-0.3, -0.25) is 9.59 Å². The molecule has 2 fully saturated rings. The van der Waals surface area contributed by atoms with Gasteiger partial charge in [-0.25, -0.2) is 0 Å². The SMILES string of the molecule is C#CCCCCCOC.COC(=O)[C@H]1C[C@H](c2ccc(Br)cc2)C[C@@H]1N.COCCCCCC#Cc1ccc([C@H]2C[C@H](C(=O)OC)[C@@H](N)C2)cc1. The summed E-state index contributed by atoms with van der Waals surface area (Å²) in [5.41, 5.74) is 15.6. The third kappa shape index (κ3) is 16.4. The fraction of sp³-hybridized carbons (Fsp3) is 0.571. The summed E-state index contributed by atoms with van der Waals surface area (Å²) in [6.45, 7) is 1.70. The van der Waals surface area contributed by atoms with Crippen LogP contribution in [0.2, 0.25) is 0 Å². The van der Waals surface area contributed by atoms with E-state index in [0.717, 1.165) is 93.9 Å². The van der Waals surface area contributed by atoms with Gasteiger partial charge in [0.15, 0.2) is 0 Å². The third-order valence-electron chi connectivity index (χ3n) is 9.51. The van der Waals surface area contributed by atoms with E-state index in [4.69, 9.17) is 36.8 Å². The van der Waals surface area contributed by atoms with Gasteiger partial charge in [0, 0.05) is 62.4 Å². The van der Waals surface area contributed by atoms with Gasteiger partial charge >= 0.3 is 11.9 Å². The van der Waals surface area contributed by atoms with Gasteiger partial charge in [-0.2, -0.15) is 0 Å². The molecule has 0 spiro atoms. The van der Waals surface area contributed by atoms with Gasteiger partial charge in [-0.1, -0.05) is 64.9 Å². The molecule has 6 atom stereocenters. The Kier molecular flexibility index (Phi) is 22.2. The Morgan fingerprint density at radius 2 is 1.14 bits per heavy atom. The van der Waals surface area contributed by atoms with Crippen molar-refractivity contribution in [2.45, 2.75) is 101 Å². The maximum absolute atomic E-state index is 11.8. The average molecular weight is 768 g/mol. The van der Waals surface area contributed by atoms with Gasteiger partial charge in [-0.05, 0) is 98.6 Å². The lowest BCUT2D eigenvalue weighted by Gasteiger charge is -2.11. The molecule has 9 heteroatoms. The fourth-order valence-electron chi connectivity index (χ4n) is 6.55. The Bertz CT molecular complexity index is 1380. The summed E-state index contributed by atoms with van der Waals surface area (Å²) < 4.78 is 20.6. The predicted molar refractivity (Wildman–Crippen MR) is 208 cm³/mol. The number of methoxy groups -OCH3 is 4. The Morgan fingerprint density at radius 1 is 0.686 bits per heavy atom. The van der Waals surface area contributed by atoms with Crippen LogP contribution in [0, 0.1) is 36.0 Å². The maximum atomic E-state index is 11.8. The first kappa shape index (κ1) is 44.0. The number of carbonyl (C=O) groups excluding carboxylic acids is 2. The van der Waals surface area contributed by atoms with E-state index >= 15 is 0 Å². The lowest BCUT2D eigenvalue weighted by Crippen LogP contribution is -2.31. The molecule has 2 aliphatic rings. The minimum Gasteiger partial charge on any atom is -0.469 e. The van der Waals surface area contributed by atoms with E-state index in [-0.39, 0.29) is 35.9 Å². The van der Waals surface area contributed by atoms with E-state index in [9.17, 15) is 9.59 Å². The molecule has 4 rings (SSSR count). The Morgan fingerprint density at radius 3 is 1.57 bits per heavy atom. The minimum absolute atomic E-state index is 0.0869. The molecular weight excluding hydrogens is 708 g/mol. The molecule has 0 unspecified atom stereocenters. The number of unbranched alkanes of at least 4 members (excludes halogenated alkanes) is 6. The van der Waals surface area contributed by atoms with Gasteiger partial charge in [0.2, 0.25) is 0 Å². The van der Waals surface area contributed by atoms with Crippen molar-refractivity contribution in [1.82, 2.24) is 0 Å². The van der Waals surface area contributed by atoms with Crippen LogP contribution >= 0.6 is 15.9 Å². The molecular formula is C42H59BrN2O6. The van der Waals surface area contributed by atoms with E-state index in [1.54, 1.807) is 14.2 Å². The van der Waals surface area contributed by atoms with Crippen LogP contribution in [-0.4, -0.2) is 65.7 Å². The maximum Gasteiger partial charge on any atom is 0.310 e. The number of ether oxygens (including phenoxy) is 4. The van der Waals surface area contributed by atoms with Crippen molar-refractivity contribution in [1.29, 1.82) is 0 Å². The van der Waals surface area contributed by atoms with Crippen molar-refractivity contribution in [2.24, 2.45) is 23.3 Å². The molecule has 2 aromatic carbocycles. The lowest BCUT2D eigenvalue weighted by molar-refractivity contribution is -0.146. The van der Waals surface area contributed by atoms with Crippen LogP contribution in [0.25, 0.3) is 0 Å². The quantitative estimate of drug-likeness (QED) is 0.115. The van der Waals surface area contributed by atoms with Crippen molar-refractivity contribution >= 4 is 27.9 Å². The highest BCUT2D eigenvalue weighted by molar-refractivity contribution is 9.10. The zero-order valence-electron chi connectivity index (χ0n) is 31.0. The lowest BCUT2D eigenvalue weighted by atomic mass is 9.95. The number of benzene rings is 2. The number of hydrogen-bond donors (Lipinski definition) is 2. The summed E-state index contributed by atoms with van der Waals surface area (Å²) in [7, 11) is 6.30. The first-order valence-electron chi connectivity index (χ1n) is 18.1. The molecule has 8 nitrogen and oxygen atoms in total. The minimum atomic E-state index is -0.192. The van der Waals surface area contributed by atoms with E-state index in [0.29, 0.717) is 11.8 Å². The third-order valence-corrected chi connectivity index (χ3v) is 10.0. The van der Waals surface area contributed by atoms with Crippen LogP contribution in [0.15, 0.2) is 53.0 Å². The summed E-state index contributed by atoms with van der Waals surface area (Å²) in [6.07, 6.45) is 17.0. The summed E-state index contributed by atoms with van der Waals surface area (Å²) >= 11 is 3.41. The van der Waals surface area contributed by atoms with Crippen LogP contribution in [0.5, 0.6) is 0 Å². The second kappa shape index (κ2) is 25.7. The smallest absolute Gasteiger partial charge is 0.310 e. The predicted octanol–water partition coefficient (Wildman–Crippen LogP) is 7.51. The summed E-state index contributed by atoms with van der Waals surface area (Å²) in [5.74, 6) is 9.02. The molecule has 0 bridgehead atoms. The highest BCUT2D eigenvalue weighted by Gasteiger charge is 2.38. The second-order valence-electron chi connectivity index (χ2n) is 13.2. The van der Waals surface area contributed by atoms with Gasteiger partial charge in [0.1, 0.15) is 0 Å². The normalized spacial score (nSPS) is 21.8. The Balaban J connectivity index is 0.000000298. The molecule has 51 heavy (non-hydrogen) atoms. The molecule has 2 aromatic rings. The van der Waals surface area contributed by atoms with E-state index in [1.165, 1.54) is 31.8 Å². The highest BCUT2D eigenvalue weighted by atomic mass is 79.9. The summed E-state index contributed by atoms with van der Waals surface area (Å²) in [6, 6.07) is 16.3. The van der Waals surface area contributed by atoms with Crippen molar-refractivity contribution in [2.75, 3.05) is 41.7 Å². The van der Waals surface area contributed by atoms with Crippen molar-refractivity contribution in [3.8, 4) is 24.2 Å². The summed E-state index contributed by atoms with van der Waals surface area (Å²) in [5, 5.41) is 0. The molecule has 280 valence electrons. The van der Waals surface area contributed by atoms with Crippen molar-refractivity contribution in [3.05, 3.63) is 69.7 Å². The number of hydrogen-bond acceptors (Lipinski definition) is 8. The highest BCUT2D eigenvalue weighted by Crippen LogP contribution is 2.39. The Labute approximate surface area is 315 Å². The van der Waals surface area contributed by atoms with Gasteiger partial charge in [-0.15, -0.1) is 12.3 Å². The van der Waals surface area contributed by atoms with Crippen LogP contribution in [0.3, 0.4) is 0 Å². The largest absolute Gasteiger partial charge is 0.469 e. The van der Waals surface area contributed by atoms with Crippen LogP contribution in [0.4, 0.5) is 0 Å². The number of carbonyl (C=O) groups is 2. The van der Waals surface area contributed by atoms with Crippen molar-refractivity contribution < 1.29 is 28.5 Å². The molecule has 0 radical (unpaired) electrons. The second-order valence-corrected chi connectivity index (χ2v) is 14.1. The molecule has 0 aromatic heterocycles. The first-order valence-corrected chi connectivity index (χ1v) is 18.9. The Hall–Kier alpha value is -3.18. The van der Waals surface area contributed by atoms with E-state index < -0.39 is 0 Å². The molecule has 0 aliphatic heterocycles. The van der Waals surface area contributed by atoms with E-state index in [2.05, 4.69) is 70.1 Å². The fourth-order valence-corrected chi connectivity index (χ4v) is 6.82. The number of terminal acetylenes is 1. The standard InChI is InChI=1S/C21H29NO3.C13H16BrNO2.C8H14O/c1-24-13-7-5-3-4-6-8-16-9-11-17(12-10-16)18-14-19(20(22)15-18)21(23)25-2;1-17-13(16)11-6-9(7-12(11)15)8-2-4-10(14)5-3-8;1-3-4-5-6-7-8-9-2/h9-12,18-20H,3-5,7,13-15,22H2,1-2H3;2-5,9,11-12H,6-7,15H2,1H3;1H,4-8H2,2H3/t18-,19-,20-;9-,11-,12-;/m00./s1. The first-order chi connectivity index (χ1) is 24.7. The number of nitrogens with two attached hydrogens (primary N) is 2. The van der Waals surface area contributed by atoms with Crippen molar-refractivity contribution in [3.63, 3.8) is 0 Å². The monoisotopic (exact) mass is 766 g/mol. The van der Waals surface area contributed by atoms with Gasteiger partial charge in [0.25, 0.3) is 0 Å². The van der Waals surface area contributed by atoms with Gasteiger partial charge < -0.3 is 30.4 Å². The number of rotatable bonds is 14. The number of esters is 2. The molecule has 0 amide bonds. The van der Waals surface area contributed by atoms with E-state index in [1.807, 2.05) is 12.1 Å². The zero-order chi connectivity index (χ0) is 37.4. The number of halogens is 1. The topological polar surface area (TPSA) is 123 Å². The molecule has 0 saturated heterocycles. The van der Waals surface area contributed by atoms with Crippen LogP contribution in [0.1, 0.15) is 106 Å². The summed E-state index contributed by atoms with van der Waals surface area (Å²) in [4.78, 5) is 23.3. The zero-order valence-corrected chi connectivity index (χ0v) is 32.6. The molecule has 2 aliphatic carbocycles. The molecule has 4 N–H and O–H groups in total. The molecule has 0 heterocycles. The molecule has 2 saturated carbocycles.